The van der Waals surface area contributed by atoms with Gasteiger partial charge in [0, 0.05) is 17.6 Å². The molecule has 1 aliphatic heterocycles. The van der Waals surface area contributed by atoms with E-state index < -0.39 is 38.6 Å². The number of nitrogens with zero attached hydrogens (tertiary/aromatic N) is 1. The van der Waals surface area contributed by atoms with E-state index >= 15 is 0 Å². The number of sulfonamides is 1. The standard InChI is InChI=1S/C15H16ClF3N2O3S/c16-9-3-6-13(11(8-9)15(17,18)19)25(23,24)21-7-1-2-12(21)14(22)20-10-4-5-10/h3,6,8,10,12H,1-2,4-5,7H2,(H,20,22). The predicted octanol–water partition coefficient (Wildman–Crippen LogP) is 2.79. The molecule has 0 radical (unpaired) electrons. The molecule has 1 N–H and O–H groups in total. The molecule has 138 valence electrons. The van der Waals surface area contributed by atoms with Gasteiger partial charge < -0.3 is 5.32 Å². The number of benzene rings is 1. The lowest BCUT2D eigenvalue weighted by atomic mass is 10.2. The molecule has 1 unspecified atom stereocenters. The fourth-order valence-electron chi connectivity index (χ4n) is 2.89. The molecule has 2 aliphatic rings. The van der Waals surface area contributed by atoms with Crippen LogP contribution in [0.2, 0.25) is 5.02 Å². The Morgan fingerprint density at radius 2 is 1.92 bits per heavy atom. The van der Waals surface area contributed by atoms with Gasteiger partial charge in [0.25, 0.3) is 0 Å². The minimum absolute atomic E-state index is 0.00497. The summed E-state index contributed by atoms with van der Waals surface area (Å²) in [5.74, 6) is -0.453. The lowest BCUT2D eigenvalue weighted by molar-refractivity contribution is -0.139. The van der Waals surface area contributed by atoms with Gasteiger partial charge in [0.1, 0.15) is 6.04 Å². The summed E-state index contributed by atoms with van der Waals surface area (Å²) in [6, 6.07) is 1.58. The highest BCUT2D eigenvalue weighted by Gasteiger charge is 2.44. The van der Waals surface area contributed by atoms with Crippen LogP contribution in [0.25, 0.3) is 0 Å². The van der Waals surface area contributed by atoms with Crippen LogP contribution in [0.5, 0.6) is 0 Å². The van der Waals surface area contributed by atoms with Gasteiger partial charge in [-0.05, 0) is 43.9 Å². The lowest BCUT2D eigenvalue weighted by Crippen LogP contribution is -2.46. The SMILES string of the molecule is O=C(NC1CC1)C1CCCN1S(=O)(=O)c1ccc(Cl)cc1C(F)(F)F. The van der Waals surface area contributed by atoms with E-state index in [4.69, 9.17) is 11.6 Å². The first-order valence-corrected chi connectivity index (χ1v) is 9.61. The normalized spacial score (nSPS) is 22.2. The molecule has 0 aromatic heterocycles. The molecule has 1 amide bonds. The maximum Gasteiger partial charge on any atom is 0.417 e. The highest BCUT2D eigenvalue weighted by atomic mass is 35.5. The average Bonchev–Trinajstić information content (AvgIpc) is 3.17. The van der Waals surface area contributed by atoms with Crippen molar-refractivity contribution in [2.75, 3.05) is 6.54 Å². The number of halogens is 4. The van der Waals surface area contributed by atoms with Crippen LogP contribution in [-0.2, 0) is 21.0 Å². The lowest BCUT2D eigenvalue weighted by Gasteiger charge is -2.25. The zero-order valence-electron chi connectivity index (χ0n) is 13.0. The van der Waals surface area contributed by atoms with Crippen LogP contribution in [-0.4, -0.2) is 37.3 Å². The highest BCUT2D eigenvalue weighted by Crippen LogP contribution is 2.38. The number of nitrogens with one attached hydrogen (secondary N) is 1. The van der Waals surface area contributed by atoms with Crippen LogP contribution in [0.3, 0.4) is 0 Å². The van der Waals surface area contributed by atoms with Crippen molar-refractivity contribution in [3.05, 3.63) is 28.8 Å². The molecule has 1 aromatic carbocycles. The van der Waals surface area contributed by atoms with Crippen molar-refractivity contribution in [2.45, 2.75) is 48.8 Å². The first kappa shape index (κ1) is 18.5. The van der Waals surface area contributed by atoms with E-state index in [9.17, 15) is 26.4 Å². The Kier molecular flexibility index (Phi) is 4.76. The molecule has 1 aliphatic carbocycles. The van der Waals surface area contributed by atoms with Gasteiger partial charge in [-0.25, -0.2) is 8.42 Å². The molecule has 25 heavy (non-hydrogen) atoms. The molecule has 0 bridgehead atoms. The smallest absolute Gasteiger partial charge is 0.352 e. The Morgan fingerprint density at radius 3 is 2.52 bits per heavy atom. The van der Waals surface area contributed by atoms with Gasteiger partial charge in [0.15, 0.2) is 0 Å². The van der Waals surface area contributed by atoms with Gasteiger partial charge in [0.05, 0.1) is 10.5 Å². The number of carbonyl (C=O) groups is 1. The van der Waals surface area contributed by atoms with Crippen molar-refractivity contribution in [3.8, 4) is 0 Å². The largest absolute Gasteiger partial charge is 0.417 e. The zero-order valence-corrected chi connectivity index (χ0v) is 14.6. The third kappa shape index (κ3) is 3.78. The molecule has 1 atom stereocenters. The topological polar surface area (TPSA) is 66.5 Å². The van der Waals surface area contributed by atoms with Crippen molar-refractivity contribution < 1.29 is 26.4 Å². The summed E-state index contributed by atoms with van der Waals surface area (Å²) in [5.41, 5.74) is -1.33. The molecular weight excluding hydrogens is 381 g/mol. The second-order valence-electron chi connectivity index (χ2n) is 6.19. The molecule has 10 heteroatoms. The fraction of sp³-hybridized carbons (Fsp3) is 0.533. The third-order valence-electron chi connectivity index (χ3n) is 4.26. The Hall–Kier alpha value is -1.32. The molecular formula is C15H16ClF3N2O3S. The molecule has 5 nitrogen and oxygen atoms in total. The Labute approximate surface area is 148 Å². The first-order chi connectivity index (χ1) is 11.6. The number of hydrogen-bond acceptors (Lipinski definition) is 3. The Balaban J connectivity index is 1.97. The van der Waals surface area contributed by atoms with E-state index in [2.05, 4.69) is 5.32 Å². The van der Waals surface area contributed by atoms with Gasteiger partial charge in [-0.2, -0.15) is 17.5 Å². The van der Waals surface area contributed by atoms with Crippen LogP contribution in [0.4, 0.5) is 13.2 Å². The number of hydrogen-bond donors (Lipinski definition) is 1. The minimum atomic E-state index is -4.88. The summed E-state index contributed by atoms with van der Waals surface area (Å²) in [6.07, 6.45) is -2.51. The van der Waals surface area contributed by atoms with Gasteiger partial charge in [-0.3, -0.25) is 4.79 Å². The summed E-state index contributed by atoms with van der Waals surface area (Å²) in [6.45, 7) is 0.00497. The van der Waals surface area contributed by atoms with Crippen molar-refractivity contribution in [3.63, 3.8) is 0 Å². The van der Waals surface area contributed by atoms with Crippen molar-refractivity contribution in [1.82, 2.24) is 9.62 Å². The molecule has 1 saturated carbocycles. The molecule has 0 spiro atoms. The summed E-state index contributed by atoms with van der Waals surface area (Å²) >= 11 is 5.60. The van der Waals surface area contributed by atoms with Gasteiger partial charge in [-0.1, -0.05) is 11.6 Å². The Bertz CT molecular complexity index is 794. The second-order valence-corrected chi connectivity index (χ2v) is 8.49. The van der Waals surface area contributed by atoms with Crippen LogP contribution in [0.1, 0.15) is 31.2 Å². The van der Waals surface area contributed by atoms with E-state index in [1.165, 1.54) is 0 Å². The summed E-state index contributed by atoms with van der Waals surface area (Å²) in [7, 11) is -4.48. The minimum Gasteiger partial charge on any atom is -0.352 e. The zero-order chi connectivity index (χ0) is 18.4. The maximum absolute atomic E-state index is 13.3. The van der Waals surface area contributed by atoms with Crippen LogP contribution >= 0.6 is 11.6 Å². The van der Waals surface area contributed by atoms with E-state index in [-0.39, 0.29) is 24.0 Å². The maximum atomic E-state index is 13.3. The van der Waals surface area contributed by atoms with Gasteiger partial charge >= 0.3 is 6.18 Å². The fourth-order valence-corrected chi connectivity index (χ4v) is 4.91. The Morgan fingerprint density at radius 1 is 1.24 bits per heavy atom. The van der Waals surface area contributed by atoms with Gasteiger partial charge in [-0.15, -0.1) is 0 Å². The number of carbonyl (C=O) groups excluding carboxylic acids is 1. The average molecular weight is 397 g/mol. The molecule has 1 saturated heterocycles. The molecule has 1 aromatic rings. The predicted molar refractivity (Wildman–Crippen MR) is 84.5 cm³/mol. The van der Waals surface area contributed by atoms with Gasteiger partial charge in [0.2, 0.25) is 15.9 Å². The quantitative estimate of drug-likeness (QED) is 0.851. The van der Waals surface area contributed by atoms with E-state index in [1.807, 2.05) is 0 Å². The number of rotatable bonds is 4. The van der Waals surface area contributed by atoms with Crippen molar-refractivity contribution >= 4 is 27.5 Å². The monoisotopic (exact) mass is 396 g/mol. The van der Waals surface area contributed by atoms with E-state index in [0.29, 0.717) is 12.5 Å². The second kappa shape index (κ2) is 6.44. The first-order valence-electron chi connectivity index (χ1n) is 7.79. The van der Waals surface area contributed by atoms with E-state index in [0.717, 1.165) is 29.3 Å². The highest BCUT2D eigenvalue weighted by molar-refractivity contribution is 7.89. The molecule has 3 rings (SSSR count). The number of amides is 1. The number of alkyl halides is 3. The third-order valence-corrected chi connectivity index (χ3v) is 6.47. The molecule has 2 fully saturated rings. The molecule has 1 heterocycles. The van der Waals surface area contributed by atoms with Crippen molar-refractivity contribution in [2.24, 2.45) is 0 Å². The van der Waals surface area contributed by atoms with Crippen LogP contribution < -0.4 is 5.32 Å². The van der Waals surface area contributed by atoms with Crippen molar-refractivity contribution in [1.29, 1.82) is 0 Å². The summed E-state index contributed by atoms with van der Waals surface area (Å²) in [5, 5.41) is 2.50. The van der Waals surface area contributed by atoms with E-state index in [1.54, 1.807) is 0 Å². The van der Waals surface area contributed by atoms with Crippen LogP contribution in [0.15, 0.2) is 23.1 Å². The van der Waals surface area contributed by atoms with Crippen LogP contribution in [0, 0.1) is 0 Å². The summed E-state index contributed by atoms with van der Waals surface area (Å²) < 4.78 is 66.3. The summed E-state index contributed by atoms with van der Waals surface area (Å²) in [4.78, 5) is 11.4.